The third kappa shape index (κ3) is 4.67. The van der Waals surface area contributed by atoms with E-state index < -0.39 is 24.0 Å². The molecule has 8 nitrogen and oxygen atoms in total. The first-order chi connectivity index (χ1) is 18.6. The van der Waals surface area contributed by atoms with Crippen molar-refractivity contribution in [3.05, 3.63) is 78.4 Å². The highest BCUT2D eigenvalue weighted by Gasteiger charge is 2.60. The van der Waals surface area contributed by atoms with Gasteiger partial charge in [-0.15, -0.1) is 0 Å². The third-order valence-electron chi connectivity index (χ3n) is 6.80. The molecule has 2 amide bonds. The van der Waals surface area contributed by atoms with Crippen molar-refractivity contribution in [3.8, 4) is 17.2 Å². The zero-order chi connectivity index (χ0) is 26.6. The van der Waals surface area contributed by atoms with Crippen molar-refractivity contribution in [3.63, 3.8) is 0 Å². The second kappa shape index (κ2) is 11.1. The summed E-state index contributed by atoms with van der Waals surface area (Å²) in [5.41, 5.74) is 2.00. The number of nitrogens with zero attached hydrogens (tertiary/aromatic N) is 2. The van der Waals surface area contributed by atoms with Crippen LogP contribution in [0.25, 0.3) is 0 Å². The van der Waals surface area contributed by atoms with E-state index in [-0.39, 0.29) is 5.91 Å². The number of rotatable bonds is 10. The molecule has 5 rings (SSSR count). The Morgan fingerprint density at radius 2 is 1.63 bits per heavy atom. The first kappa shape index (κ1) is 25.6. The quantitative estimate of drug-likeness (QED) is 0.266. The normalized spacial score (nSPS) is 20.6. The Labute approximate surface area is 222 Å². The number of hydrogen-bond acceptors (Lipinski definition) is 7. The number of carbonyl (C=O) groups excluding carboxylic acids is 2. The number of anilines is 2. The minimum atomic E-state index is -0.963. The summed E-state index contributed by atoms with van der Waals surface area (Å²) in [6, 6.07) is 21.5. The van der Waals surface area contributed by atoms with Crippen LogP contribution in [0.3, 0.4) is 0 Å². The molecule has 3 aromatic rings. The van der Waals surface area contributed by atoms with Crippen LogP contribution in [0.1, 0.15) is 38.3 Å². The van der Waals surface area contributed by atoms with Gasteiger partial charge in [0.15, 0.2) is 17.6 Å². The van der Waals surface area contributed by atoms with Crippen molar-refractivity contribution in [2.24, 2.45) is 5.92 Å². The van der Waals surface area contributed by atoms with Crippen molar-refractivity contribution in [1.82, 2.24) is 0 Å². The smallest absolute Gasteiger partial charge is 0.266 e. The highest BCUT2D eigenvalue weighted by molar-refractivity contribution is 6.24. The summed E-state index contributed by atoms with van der Waals surface area (Å²) in [5, 5.41) is 1.68. The summed E-state index contributed by atoms with van der Waals surface area (Å²) in [5.74, 6) is 0.328. The van der Waals surface area contributed by atoms with Gasteiger partial charge in [-0.1, -0.05) is 43.7 Å². The number of hydrogen-bond donors (Lipinski definition) is 0. The van der Waals surface area contributed by atoms with Gasteiger partial charge in [-0.25, -0.2) is 9.96 Å². The van der Waals surface area contributed by atoms with Crippen LogP contribution in [0, 0.1) is 5.92 Å². The monoisotopic (exact) mass is 516 g/mol. The summed E-state index contributed by atoms with van der Waals surface area (Å²) in [7, 11) is 1.55. The number of imide groups is 1. The highest BCUT2D eigenvalue weighted by atomic mass is 16.7. The molecule has 8 heteroatoms. The number of fused-ring (bicyclic) bond motifs is 1. The molecular formula is C30H32N2O6. The lowest BCUT2D eigenvalue weighted by Gasteiger charge is -2.29. The number of methoxy groups -OCH3 is 1. The molecule has 2 aliphatic rings. The second-order valence-electron chi connectivity index (χ2n) is 9.21. The molecule has 3 atom stereocenters. The largest absolute Gasteiger partial charge is 0.497 e. The van der Waals surface area contributed by atoms with Gasteiger partial charge in [0, 0.05) is 6.07 Å². The predicted molar refractivity (Wildman–Crippen MR) is 144 cm³/mol. The molecule has 0 saturated carbocycles. The molecule has 2 heterocycles. The standard InChI is InChI=1S/C30H32N2O6/c1-4-6-17-37-24-16-15-20(18-25(24)36-5-2)27-26-28(38-32(27)21-11-8-7-9-12-21)30(34)31(29(26)33)22-13-10-14-23(19-22)35-3/h7-16,18-19,26-28H,4-6,17H2,1-3H3/t26-,27-,28+/m0/s1. The fourth-order valence-corrected chi connectivity index (χ4v) is 4.98. The molecule has 0 bridgehead atoms. The minimum Gasteiger partial charge on any atom is -0.497 e. The van der Waals surface area contributed by atoms with E-state index in [2.05, 4.69) is 6.92 Å². The summed E-state index contributed by atoms with van der Waals surface area (Å²) >= 11 is 0. The Balaban J connectivity index is 1.55. The van der Waals surface area contributed by atoms with Gasteiger partial charge in [-0.05, 0) is 55.3 Å². The summed E-state index contributed by atoms with van der Waals surface area (Å²) in [6.45, 7) is 5.08. The van der Waals surface area contributed by atoms with E-state index in [9.17, 15) is 9.59 Å². The third-order valence-corrected chi connectivity index (χ3v) is 6.80. The van der Waals surface area contributed by atoms with Gasteiger partial charge in [-0.3, -0.25) is 14.4 Å². The van der Waals surface area contributed by atoms with Gasteiger partial charge in [0.1, 0.15) is 11.7 Å². The average Bonchev–Trinajstić information content (AvgIpc) is 3.46. The van der Waals surface area contributed by atoms with Crippen LogP contribution in [0.5, 0.6) is 17.2 Å². The molecule has 0 aliphatic carbocycles. The Kier molecular flexibility index (Phi) is 7.51. The number of hydroxylamine groups is 1. The van der Waals surface area contributed by atoms with Crippen LogP contribution in [0.15, 0.2) is 72.8 Å². The van der Waals surface area contributed by atoms with Gasteiger partial charge in [-0.2, -0.15) is 0 Å². The number of para-hydroxylation sites is 1. The van der Waals surface area contributed by atoms with Crippen molar-refractivity contribution in [2.75, 3.05) is 30.3 Å². The van der Waals surface area contributed by atoms with Crippen LogP contribution >= 0.6 is 0 Å². The van der Waals surface area contributed by atoms with E-state index in [0.29, 0.717) is 36.1 Å². The Morgan fingerprint density at radius 3 is 2.37 bits per heavy atom. The number of unbranched alkanes of at least 4 members (excludes halogenated alkanes) is 1. The predicted octanol–water partition coefficient (Wildman–Crippen LogP) is 5.32. The zero-order valence-corrected chi connectivity index (χ0v) is 21.8. The van der Waals surface area contributed by atoms with E-state index in [1.54, 1.807) is 36.4 Å². The maximum absolute atomic E-state index is 13.9. The zero-order valence-electron chi connectivity index (χ0n) is 21.8. The van der Waals surface area contributed by atoms with E-state index in [0.717, 1.165) is 24.1 Å². The molecule has 3 aromatic carbocycles. The minimum absolute atomic E-state index is 0.321. The molecule has 2 fully saturated rings. The van der Waals surface area contributed by atoms with Gasteiger partial charge in [0.2, 0.25) is 5.91 Å². The molecule has 2 saturated heterocycles. The molecule has 2 aliphatic heterocycles. The summed E-state index contributed by atoms with van der Waals surface area (Å²) in [6.07, 6.45) is 0.998. The molecule has 38 heavy (non-hydrogen) atoms. The fraction of sp³-hybridized carbons (Fsp3) is 0.333. The number of amides is 2. The lowest BCUT2D eigenvalue weighted by atomic mass is 9.90. The average molecular weight is 517 g/mol. The maximum atomic E-state index is 13.9. The fourth-order valence-electron chi connectivity index (χ4n) is 4.98. The maximum Gasteiger partial charge on any atom is 0.266 e. The van der Waals surface area contributed by atoms with Gasteiger partial charge < -0.3 is 14.2 Å². The molecule has 0 spiro atoms. The number of benzene rings is 3. The van der Waals surface area contributed by atoms with Crippen molar-refractivity contribution in [1.29, 1.82) is 0 Å². The topological polar surface area (TPSA) is 77.5 Å². The van der Waals surface area contributed by atoms with Crippen LogP contribution < -0.4 is 24.2 Å². The second-order valence-corrected chi connectivity index (χ2v) is 9.21. The van der Waals surface area contributed by atoms with Gasteiger partial charge in [0.25, 0.3) is 5.91 Å². The first-order valence-electron chi connectivity index (χ1n) is 13.0. The van der Waals surface area contributed by atoms with Crippen molar-refractivity contribution < 1.29 is 28.6 Å². The molecule has 198 valence electrons. The first-order valence-corrected chi connectivity index (χ1v) is 13.0. The molecular weight excluding hydrogens is 484 g/mol. The van der Waals surface area contributed by atoms with Crippen molar-refractivity contribution >= 4 is 23.2 Å². The Bertz CT molecular complexity index is 1300. The van der Waals surface area contributed by atoms with Crippen LogP contribution in [-0.4, -0.2) is 38.2 Å². The molecule has 0 aromatic heterocycles. The lowest BCUT2D eigenvalue weighted by Crippen LogP contribution is -2.37. The van der Waals surface area contributed by atoms with Crippen LogP contribution in [0.2, 0.25) is 0 Å². The van der Waals surface area contributed by atoms with Crippen LogP contribution in [-0.2, 0) is 14.4 Å². The van der Waals surface area contributed by atoms with E-state index in [1.807, 2.05) is 55.5 Å². The van der Waals surface area contributed by atoms with Gasteiger partial charge in [0.05, 0.1) is 37.7 Å². The Hall–Kier alpha value is -4.04. The SMILES string of the molecule is CCCCOc1ccc([C@H]2[C@@H]3C(=O)N(c4cccc(OC)c4)C(=O)[C@@H]3ON2c2ccccc2)cc1OCC. The number of ether oxygens (including phenoxy) is 3. The molecule has 0 unspecified atom stereocenters. The van der Waals surface area contributed by atoms with Crippen LogP contribution in [0.4, 0.5) is 11.4 Å². The summed E-state index contributed by atoms with van der Waals surface area (Å²) < 4.78 is 17.2. The van der Waals surface area contributed by atoms with E-state index in [4.69, 9.17) is 19.0 Å². The Morgan fingerprint density at radius 1 is 0.842 bits per heavy atom. The van der Waals surface area contributed by atoms with Gasteiger partial charge >= 0.3 is 0 Å². The highest BCUT2D eigenvalue weighted by Crippen LogP contribution is 2.49. The summed E-state index contributed by atoms with van der Waals surface area (Å²) in [4.78, 5) is 35.0. The molecule has 0 N–H and O–H groups in total. The molecule has 0 radical (unpaired) electrons. The lowest BCUT2D eigenvalue weighted by molar-refractivity contribution is -0.126. The van der Waals surface area contributed by atoms with E-state index in [1.165, 1.54) is 4.90 Å². The van der Waals surface area contributed by atoms with Crippen molar-refractivity contribution in [2.45, 2.75) is 38.8 Å². The van der Waals surface area contributed by atoms with E-state index >= 15 is 0 Å². The number of carbonyl (C=O) groups is 2.